The van der Waals surface area contributed by atoms with Crippen molar-refractivity contribution in [3.05, 3.63) is 29.1 Å². The van der Waals surface area contributed by atoms with Crippen molar-refractivity contribution in [3.63, 3.8) is 0 Å². The third-order valence-corrected chi connectivity index (χ3v) is 5.55. The molecule has 1 aromatic carbocycles. The van der Waals surface area contributed by atoms with Crippen LogP contribution >= 0.6 is 11.3 Å². The van der Waals surface area contributed by atoms with Gasteiger partial charge in [0, 0.05) is 23.0 Å². The normalized spacial score (nSPS) is 14.9. The summed E-state index contributed by atoms with van der Waals surface area (Å²) in [4.78, 5) is 4.63. The van der Waals surface area contributed by atoms with Gasteiger partial charge in [-0.3, -0.25) is 4.31 Å². The second-order valence-corrected chi connectivity index (χ2v) is 9.61. The molecule has 1 aromatic heterocycles. The summed E-state index contributed by atoms with van der Waals surface area (Å²) in [5, 5.41) is 6.29. The van der Waals surface area contributed by atoms with E-state index in [1.54, 1.807) is 11.3 Å². The Morgan fingerprint density at radius 2 is 2.04 bits per heavy atom. The Bertz CT molecular complexity index is 835. The number of fused-ring (bicyclic) bond motifs is 1. The minimum Gasteiger partial charge on any atom is -0.357 e. The molecule has 1 aliphatic heterocycles. The summed E-state index contributed by atoms with van der Waals surface area (Å²) in [6.45, 7) is 6.82. The minimum absolute atomic E-state index is 0.0248. The molecule has 0 spiro atoms. The molecule has 124 valence electrons. The van der Waals surface area contributed by atoms with Crippen molar-refractivity contribution in [2.45, 2.75) is 32.7 Å². The van der Waals surface area contributed by atoms with Crippen LogP contribution in [0.25, 0.3) is 11.3 Å². The number of benzene rings is 1. The lowest BCUT2D eigenvalue weighted by Crippen LogP contribution is -2.27. The summed E-state index contributed by atoms with van der Waals surface area (Å²) in [6, 6.07) is 5.88. The van der Waals surface area contributed by atoms with Gasteiger partial charge in [-0.05, 0) is 44.9 Å². The zero-order chi connectivity index (χ0) is 16.8. The molecule has 0 saturated heterocycles. The Balaban J connectivity index is 1.89. The van der Waals surface area contributed by atoms with Gasteiger partial charge in [0.2, 0.25) is 10.0 Å². The fraction of sp³-hybridized carbons (Fsp3) is 0.438. The molecular weight excluding hydrogens is 330 g/mol. The Morgan fingerprint density at radius 1 is 1.30 bits per heavy atom. The molecule has 0 fully saturated rings. The summed E-state index contributed by atoms with van der Waals surface area (Å²) in [5.41, 5.74) is 3.77. The lowest BCUT2D eigenvalue weighted by atomic mass is 10.1. The van der Waals surface area contributed by atoms with Crippen LogP contribution in [-0.4, -0.2) is 31.7 Å². The molecule has 0 radical (unpaired) electrons. The number of thiazole rings is 1. The maximum absolute atomic E-state index is 11.8. The number of nitrogens with zero attached hydrogens (tertiary/aromatic N) is 2. The van der Waals surface area contributed by atoms with Gasteiger partial charge in [-0.25, -0.2) is 13.4 Å². The summed E-state index contributed by atoms with van der Waals surface area (Å²) in [5.74, 6) is 0. The highest BCUT2D eigenvalue weighted by Gasteiger charge is 2.26. The molecule has 2 aromatic rings. The molecule has 3 rings (SSSR count). The smallest absolute Gasteiger partial charge is 0.232 e. The van der Waals surface area contributed by atoms with E-state index < -0.39 is 10.0 Å². The predicted octanol–water partition coefficient (Wildman–Crippen LogP) is 3.34. The molecule has 0 aliphatic carbocycles. The van der Waals surface area contributed by atoms with Crippen LogP contribution in [0.2, 0.25) is 0 Å². The van der Waals surface area contributed by atoms with Crippen molar-refractivity contribution in [2.24, 2.45) is 0 Å². The average molecular weight is 351 g/mol. The van der Waals surface area contributed by atoms with E-state index in [1.807, 2.05) is 17.5 Å². The number of anilines is 2. The third-order valence-electron chi connectivity index (χ3n) is 3.61. The van der Waals surface area contributed by atoms with Gasteiger partial charge >= 0.3 is 0 Å². The Kier molecular flexibility index (Phi) is 3.88. The first-order valence-corrected chi connectivity index (χ1v) is 10.2. The number of nitrogens with one attached hydrogen (secondary N) is 1. The van der Waals surface area contributed by atoms with Crippen LogP contribution in [0.1, 0.15) is 26.3 Å². The van der Waals surface area contributed by atoms with Crippen LogP contribution in [-0.2, 0) is 16.4 Å². The summed E-state index contributed by atoms with van der Waals surface area (Å²) in [6.07, 6.45) is 1.99. The highest BCUT2D eigenvalue weighted by Crippen LogP contribution is 2.34. The monoisotopic (exact) mass is 351 g/mol. The second kappa shape index (κ2) is 5.49. The van der Waals surface area contributed by atoms with E-state index in [0.717, 1.165) is 34.1 Å². The van der Waals surface area contributed by atoms with Crippen molar-refractivity contribution in [2.75, 3.05) is 22.4 Å². The van der Waals surface area contributed by atoms with Gasteiger partial charge in [0.05, 0.1) is 17.6 Å². The fourth-order valence-corrected chi connectivity index (χ4v) is 4.55. The molecule has 0 amide bonds. The molecule has 7 heteroatoms. The van der Waals surface area contributed by atoms with Crippen molar-refractivity contribution in [3.8, 4) is 11.3 Å². The van der Waals surface area contributed by atoms with Gasteiger partial charge in [-0.15, -0.1) is 11.3 Å². The van der Waals surface area contributed by atoms with Crippen LogP contribution in [0.15, 0.2) is 23.6 Å². The van der Waals surface area contributed by atoms with Crippen molar-refractivity contribution >= 4 is 32.2 Å². The SMILES string of the molecule is CC(C)(C)Nc1nc(-c2ccc3c(c2)CCN3S(C)(=O)=O)cs1. The first-order valence-electron chi connectivity index (χ1n) is 7.48. The summed E-state index contributed by atoms with van der Waals surface area (Å²) < 4.78 is 25.1. The quantitative estimate of drug-likeness (QED) is 0.921. The van der Waals surface area contributed by atoms with E-state index in [0.29, 0.717) is 6.54 Å². The number of hydrogen-bond donors (Lipinski definition) is 1. The third kappa shape index (κ3) is 3.50. The molecule has 0 atom stereocenters. The largest absolute Gasteiger partial charge is 0.357 e. The van der Waals surface area contributed by atoms with E-state index in [2.05, 4.69) is 37.1 Å². The van der Waals surface area contributed by atoms with E-state index in [4.69, 9.17) is 0 Å². The lowest BCUT2D eigenvalue weighted by Gasteiger charge is -2.19. The van der Waals surface area contributed by atoms with E-state index in [1.165, 1.54) is 10.6 Å². The second-order valence-electron chi connectivity index (χ2n) is 6.84. The van der Waals surface area contributed by atoms with Gasteiger partial charge in [-0.1, -0.05) is 6.07 Å². The molecular formula is C16H21N3O2S2. The van der Waals surface area contributed by atoms with E-state index in [9.17, 15) is 8.42 Å². The van der Waals surface area contributed by atoms with Crippen LogP contribution < -0.4 is 9.62 Å². The Morgan fingerprint density at radius 3 is 2.70 bits per heavy atom. The van der Waals surface area contributed by atoms with Gasteiger partial charge in [-0.2, -0.15) is 0 Å². The number of aromatic nitrogens is 1. The zero-order valence-electron chi connectivity index (χ0n) is 13.8. The maximum atomic E-state index is 11.8. The Labute approximate surface area is 141 Å². The zero-order valence-corrected chi connectivity index (χ0v) is 15.4. The first-order chi connectivity index (χ1) is 10.6. The van der Waals surface area contributed by atoms with Gasteiger partial charge < -0.3 is 5.32 Å². The molecule has 1 aliphatic rings. The molecule has 2 heterocycles. The van der Waals surface area contributed by atoms with Crippen molar-refractivity contribution < 1.29 is 8.42 Å². The lowest BCUT2D eigenvalue weighted by molar-refractivity contribution is 0.598. The highest BCUT2D eigenvalue weighted by atomic mass is 32.2. The minimum atomic E-state index is -3.20. The number of sulfonamides is 1. The standard InChI is InChI=1S/C16H21N3O2S2/c1-16(2,3)18-15-17-13(10-22-15)11-5-6-14-12(9-11)7-8-19(14)23(4,20)21/h5-6,9-10H,7-8H2,1-4H3,(H,17,18). The van der Waals surface area contributed by atoms with Gasteiger partial charge in [0.1, 0.15) is 0 Å². The fourth-order valence-electron chi connectivity index (χ4n) is 2.66. The molecule has 0 bridgehead atoms. The highest BCUT2D eigenvalue weighted by molar-refractivity contribution is 7.92. The maximum Gasteiger partial charge on any atom is 0.232 e. The summed E-state index contributed by atoms with van der Waals surface area (Å²) in [7, 11) is -3.20. The average Bonchev–Trinajstić information content (AvgIpc) is 3.01. The van der Waals surface area contributed by atoms with Crippen LogP contribution in [0.5, 0.6) is 0 Å². The Hall–Kier alpha value is -1.60. The predicted molar refractivity (Wildman–Crippen MR) is 96.8 cm³/mol. The first kappa shape index (κ1) is 16.3. The van der Waals surface area contributed by atoms with Crippen LogP contribution in [0.3, 0.4) is 0 Å². The van der Waals surface area contributed by atoms with E-state index >= 15 is 0 Å². The molecule has 0 unspecified atom stereocenters. The molecule has 23 heavy (non-hydrogen) atoms. The molecule has 1 N–H and O–H groups in total. The topological polar surface area (TPSA) is 62.3 Å². The molecule has 0 saturated carbocycles. The number of hydrogen-bond acceptors (Lipinski definition) is 5. The van der Waals surface area contributed by atoms with Gasteiger partial charge in [0.25, 0.3) is 0 Å². The van der Waals surface area contributed by atoms with Gasteiger partial charge in [0.15, 0.2) is 5.13 Å². The van der Waals surface area contributed by atoms with Crippen LogP contribution in [0, 0.1) is 0 Å². The molecule has 5 nitrogen and oxygen atoms in total. The summed E-state index contributed by atoms with van der Waals surface area (Å²) >= 11 is 1.58. The number of rotatable bonds is 3. The van der Waals surface area contributed by atoms with Crippen molar-refractivity contribution in [1.29, 1.82) is 0 Å². The van der Waals surface area contributed by atoms with Crippen molar-refractivity contribution in [1.82, 2.24) is 4.98 Å². The van der Waals surface area contributed by atoms with E-state index in [-0.39, 0.29) is 5.54 Å². The van der Waals surface area contributed by atoms with Crippen LogP contribution in [0.4, 0.5) is 10.8 Å².